The number of rotatable bonds is 5. The zero-order valence-electron chi connectivity index (χ0n) is 12.2. The first-order valence-corrected chi connectivity index (χ1v) is 7.63. The van der Waals surface area contributed by atoms with Gasteiger partial charge in [-0.25, -0.2) is 0 Å². The molecule has 0 aliphatic carbocycles. The number of hydrogen-bond donors (Lipinski definition) is 1. The molecule has 3 heteroatoms. The SMILES string of the molecule is CCNCc1ccc(Br)cc1Oc1cc(C)ccc1C. The second-order valence-corrected chi connectivity index (χ2v) is 5.82. The third-order valence-electron chi connectivity index (χ3n) is 3.16. The van der Waals surface area contributed by atoms with E-state index in [4.69, 9.17) is 4.74 Å². The minimum Gasteiger partial charge on any atom is -0.457 e. The Balaban J connectivity index is 2.31. The summed E-state index contributed by atoms with van der Waals surface area (Å²) in [5, 5.41) is 3.34. The fourth-order valence-corrected chi connectivity index (χ4v) is 2.30. The van der Waals surface area contributed by atoms with Crippen LogP contribution in [0.4, 0.5) is 0 Å². The summed E-state index contributed by atoms with van der Waals surface area (Å²) in [7, 11) is 0. The second kappa shape index (κ2) is 6.91. The summed E-state index contributed by atoms with van der Waals surface area (Å²) >= 11 is 3.51. The lowest BCUT2D eigenvalue weighted by molar-refractivity contribution is 0.469. The number of halogens is 1. The van der Waals surface area contributed by atoms with Gasteiger partial charge in [0.05, 0.1) is 0 Å². The van der Waals surface area contributed by atoms with E-state index in [1.807, 2.05) is 12.1 Å². The van der Waals surface area contributed by atoms with E-state index in [-0.39, 0.29) is 0 Å². The molecule has 2 aromatic rings. The Labute approximate surface area is 129 Å². The molecular formula is C17H20BrNO. The largest absolute Gasteiger partial charge is 0.457 e. The molecule has 0 unspecified atom stereocenters. The van der Waals surface area contributed by atoms with Crippen LogP contribution >= 0.6 is 15.9 Å². The molecule has 0 saturated heterocycles. The van der Waals surface area contributed by atoms with Gasteiger partial charge in [0.2, 0.25) is 0 Å². The van der Waals surface area contributed by atoms with E-state index in [0.717, 1.165) is 40.2 Å². The van der Waals surface area contributed by atoms with E-state index >= 15 is 0 Å². The monoisotopic (exact) mass is 333 g/mol. The van der Waals surface area contributed by atoms with Gasteiger partial charge in [-0.15, -0.1) is 0 Å². The highest BCUT2D eigenvalue weighted by molar-refractivity contribution is 9.10. The van der Waals surface area contributed by atoms with Crippen molar-refractivity contribution in [3.05, 3.63) is 57.6 Å². The topological polar surface area (TPSA) is 21.3 Å². The highest BCUT2D eigenvalue weighted by Gasteiger charge is 2.08. The average molecular weight is 334 g/mol. The van der Waals surface area contributed by atoms with Crippen molar-refractivity contribution in [1.29, 1.82) is 0 Å². The summed E-state index contributed by atoms with van der Waals surface area (Å²) in [6.45, 7) is 8.00. The van der Waals surface area contributed by atoms with E-state index in [1.165, 1.54) is 5.56 Å². The number of ether oxygens (including phenoxy) is 1. The maximum Gasteiger partial charge on any atom is 0.133 e. The fourth-order valence-electron chi connectivity index (χ4n) is 1.96. The second-order valence-electron chi connectivity index (χ2n) is 4.90. The summed E-state index contributed by atoms with van der Waals surface area (Å²) in [5.74, 6) is 1.81. The number of hydrogen-bond acceptors (Lipinski definition) is 2. The average Bonchev–Trinajstić information content (AvgIpc) is 2.42. The zero-order chi connectivity index (χ0) is 14.5. The molecule has 2 rings (SSSR count). The molecule has 0 aromatic heterocycles. The van der Waals surface area contributed by atoms with Crippen LogP contribution in [-0.2, 0) is 6.54 Å². The Bertz CT molecular complexity index is 596. The molecule has 0 aliphatic heterocycles. The van der Waals surface area contributed by atoms with Crippen molar-refractivity contribution in [2.75, 3.05) is 6.54 Å². The van der Waals surface area contributed by atoms with Gasteiger partial charge >= 0.3 is 0 Å². The van der Waals surface area contributed by atoms with Crippen LogP contribution in [0.25, 0.3) is 0 Å². The molecular weight excluding hydrogens is 314 g/mol. The van der Waals surface area contributed by atoms with Crippen molar-refractivity contribution in [3.8, 4) is 11.5 Å². The van der Waals surface area contributed by atoms with Crippen LogP contribution in [0.5, 0.6) is 11.5 Å². The van der Waals surface area contributed by atoms with Crippen molar-refractivity contribution in [2.45, 2.75) is 27.3 Å². The third kappa shape index (κ3) is 3.84. The van der Waals surface area contributed by atoms with Crippen LogP contribution in [0.15, 0.2) is 40.9 Å². The zero-order valence-corrected chi connectivity index (χ0v) is 13.8. The Hall–Kier alpha value is -1.32. The van der Waals surface area contributed by atoms with Gasteiger partial charge in [-0.2, -0.15) is 0 Å². The Morgan fingerprint density at radius 2 is 1.85 bits per heavy atom. The van der Waals surface area contributed by atoms with Crippen molar-refractivity contribution >= 4 is 15.9 Å². The van der Waals surface area contributed by atoms with Gasteiger partial charge in [-0.3, -0.25) is 0 Å². The lowest BCUT2D eigenvalue weighted by Gasteiger charge is -2.14. The summed E-state index contributed by atoms with van der Waals surface area (Å²) in [4.78, 5) is 0. The van der Waals surface area contributed by atoms with Crippen LogP contribution in [0.3, 0.4) is 0 Å². The molecule has 0 radical (unpaired) electrons. The molecule has 1 N–H and O–H groups in total. The number of benzene rings is 2. The van der Waals surface area contributed by atoms with Gasteiger partial charge < -0.3 is 10.1 Å². The smallest absolute Gasteiger partial charge is 0.133 e. The van der Waals surface area contributed by atoms with E-state index in [0.29, 0.717) is 0 Å². The van der Waals surface area contributed by atoms with Crippen LogP contribution in [0.2, 0.25) is 0 Å². The van der Waals surface area contributed by atoms with Crippen molar-refractivity contribution in [3.63, 3.8) is 0 Å². The van der Waals surface area contributed by atoms with Gasteiger partial charge in [0, 0.05) is 16.6 Å². The molecule has 106 valence electrons. The predicted octanol–water partition coefficient (Wildman–Crippen LogP) is 4.97. The van der Waals surface area contributed by atoms with Crippen molar-refractivity contribution in [2.24, 2.45) is 0 Å². The molecule has 0 fully saturated rings. The standard InChI is InChI=1S/C17H20BrNO/c1-4-19-11-14-7-8-15(18)10-17(14)20-16-9-12(2)5-6-13(16)3/h5-10,19H,4,11H2,1-3H3. The molecule has 0 bridgehead atoms. The summed E-state index contributed by atoms with van der Waals surface area (Å²) in [5.41, 5.74) is 3.51. The first-order valence-electron chi connectivity index (χ1n) is 6.84. The van der Waals surface area contributed by atoms with Gasteiger partial charge in [-0.05, 0) is 49.7 Å². The number of nitrogens with one attached hydrogen (secondary N) is 1. The van der Waals surface area contributed by atoms with Crippen LogP contribution in [-0.4, -0.2) is 6.54 Å². The third-order valence-corrected chi connectivity index (χ3v) is 3.65. The first-order chi connectivity index (χ1) is 9.60. The van der Waals surface area contributed by atoms with Crippen molar-refractivity contribution in [1.82, 2.24) is 5.32 Å². The highest BCUT2D eigenvalue weighted by atomic mass is 79.9. The molecule has 0 amide bonds. The molecule has 2 nitrogen and oxygen atoms in total. The number of aryl methyl sites for hydroxylation is 2. The first kappa shape index (κ1) is 15.1. The lowest BCUT2D eigenvalue weighted by atomic mass is 10.1. The summed E-state index contributed by atoms with van der Waals surface area (Å²) in [6.07, 6.45) is 0. The van der Waals surface area contributed by atoms with Crippen LogP contribution < -0.4 is 10.1 Å². The van der Waals surface area contributed by atoms with Gasteiger partial charge in [-0.1, -0.05) is 41.1 Å². The molecule has 20 heavy (non-hydrogen) atoms. The van der Waals surface area contributed by atoms with Crippen molar-refractivity contribution < 1.29 is 4.74 Å². The van der Waals surface area contributed by atoms with E-state index in [9.17, 15) is 0 Å². The maximum atomic E-state index is 6.13. The lowest BCUT2D eigenvalue weighted by Crippen LogP contribution is -2.12. The van der Waals surface area contributed by atoms with Gasteiger partial charge in [0.25, 0.3) is 0 Å². The molecule has 0 aliphatic rings. The molecule has 0 atom stereocenters. The van der Waals surface area contributed by atoms with Gasteiger partial charge in [0.1, 0.15) is 11.5 Å². The normalized spacial score (nSPS) is 10.6. The molecule has 2 aromatic carbocycles. The van der Waals surface area contributed by atoms with Crippen LogP contribution in [0.1, 0.15) is 23.6 Å². The minimum atomic E-state index is 0.810. The van der Waals surface area contributed by atoms with E-state index < -0.39 is 0 Å². The van der Waals surface area contributed by atoms with E-state index in [1.54, 1.807) is 0 Å². The predicted molar refractivity (Wildman–Crippen MR) is 87.5 cm³/mol. The molecule has 0 heterocycles. The minimum absolute atomic E-state index is 0.810. The quantitative estimate of drug-likeness (QED) is 0.834. The van der Waals surface area contributed by atoms with Crippen LogP contribution in [0, 0.1) is 13.8 Å². The van der Waals surface area contributed by atoms with Gasteiger partial charge in [0.15, 0.2) is 0 Å². The highest BCUT2D eigenvalue weighted by Crippen LogP contribution is 2.31. The summed E-state index contributed by atoms with van der Waals surface area (Å²) in [6, 6.07) is 12.4. The Morgan fingerprint density at radius 1 is 1.05 bits per heavy atom. The van der Waals surface area contributed by atoms with E-state index in [2.05, 4.69) is 66.3 Å². The molecule has 0 saturated carbocycles. The fraction of sp³-hybridized carbons (Fsp3) is 0.294. The summed E-state index contributed by atoms with van der Waals surface area (Å²) < 4.78 is 7.15. The molecule has 0 spiro atoms. The Morgan fingerprint density at radius 3 is 2.60 bits per heavy atom. The Kier molecular flexibility index (Phi) is 5.21. The maximum absolute atomic E-state index is 6.13.